The molecule has 1 heterocycles. The lowest BCUT2D eigenvalue weighted by Crippen LogP contribution is -2.53. The molecule has 1 aliphatic heterocycles. The third kappa shape index (κ3) is 2.39. The van der Waals surface area contributed by atoms with Gasteiger partial charge >= 0.3 is 0 Å². The summed E-state index contributed by atoms with van der Waals surface area (Å²) in [5, 5.41) is 9.94. The van der Waals surface area contributed by atoms with Gasteiger partial charge in [0.2, 0.25) is 0 Å². The number of hydrogen-bond acceptors (Lipinski definition) is 4. The van der Waals surface area contributed by atoms with E-state index in [9.17, 15) is 9.90 Å². The Balaban J connectivity index is 2.12. The van der Waals surface area contributed by atoms with Crippen LogP contribution in [0.15, 0.2) is 39.9 Å². The fourth-order valence-corrected chi connectivity index (χ4v) is 5.01. The van der Waals surface area contributed by atoms with Crippen LogP contribution in [0.25, 0.3) is 0 Å². The molecule has 0 saturated heterocycles. The minimum absolute atomic E-state index is 0.0426. The van der Waals surface area contributed by atoms with Crippen molar-refractivity contribution in [1.82, 2.24) is 4.90 Å². The van der Waals surface area contributed by atoms with Gasteiger partial charge in [-0.3, -0.25) is 9.69 Å². The number of guanidine groups is 1. The highest BCUT2D eigenvalue weighted by molar-refractivity contribution is 9.11. The SMILES string of the molecule is C=C/C=C(Br)\C=C1/CCC2(CCC(O)CC2)C12N=C(N)N(C)C2=O. The zero-order chi connectivity index (χ0) is 17.5. The van der Waals surface area contributed by atoms with Crippen molar-refractivity contribution < 1.29 is 9.90 Å². The molecule has 1 unspecified atom stereocenters. The first-order valence-corrected chi connectivity index (χ1v) is 9.16. The predicted molar refractivity (Wildman–Crippen MR) is 98.6 cm³/mol. The van der Waals surface area contributed by atoms with E-state index < -0.39 is 5.54 Å². The number of aliphatic imine (C=N–C) groups is 1. The molecule has 1 amide bonds. The summed E-state index contributed by atoms with van der Waals surface area (Å²) in [6.45, 7) is 3.71. The van der Waals surface area contributed by atoms with Crippen LogP contribution in [0.1, 0.15) is 38.5 Å². The molecule has 0 bridgehead atoms. The highest BCUT2D eigenvalue weighted by Crippen LogP contribution is 2.61. The summed E-state index contributed by atoms with van der Waals surface area (Å²) < 4.78 is 0.871. The molecule has 5 nitrogen and oxygen atoms in total. The lowest BCUT2D eigenvalue weighted by atomic mass is 9.62. The van der Waals surface area contributed by atoms with Gasteiger partial charge in [0, 0.05) is 16.9 Å². The van der Waals surface area contributed by atoms with Crippen LogP contribution in [0, 0.1) is 5.41 Å². The Morgan fingerprint density at radius 3 is 2.67 bits per heavy atom. The Bertz CT molecular complexity index is 659. The van der Waals surface area contributed by atoms with E-state index in [1.807, 2.05) is 12.2 Å². The van der Waals surface area contributed by atoms with E-state index in [1.165, 1.54) is 4.90 Å². The Hall–Kier alpha value is -1.40. The molecule has 3 N–H and O–H groups in total. The van der Waals surface area contributed by atoms with Gasteiger partial charge in [-0.1, -0.05) is 28.6 Å². The maximum Gasteiger partial charge on any atom is 0.261 e. The number of carbonyl (C=O) groups excluding carboxylic acids is 1. The summed E-state index contributed by atoms with van der Waals surface area (Å²) in [4.78, 5) is 19.4. The molecule has 2 spiro atoms. The average molecular weight is 394 g/mol. The third-order valence-electron chi connectivity index (χ3n) is 5.85. The van der Waals surface area contributed by atoms with Crippen molar-refractivity contribution in [3.63, 3.8) is 0 Å². The fourth-order valence-electron chi connectivity index (χ4n) is 4.54. The summed E-state index contributed by atoms with van der Waals surface area (Å²) in [5.41, 5.74) is 5.87. The first-order chi connectivity index (χ1) is 11.4. The number of allylic oxidation sites excluding steroid dienone is 4. The maximum atomic E-state index is 13.2. The number of rotatable bonds is 2. The molecule has 130 valence electrons. The number of fused-ring (bicyclic) bond motifs is 1. The molecular formula is C18H24BrN3O2. The van der Waals surface area contributed by atoms with E-state index in [1.54, 1.807) is 13.1 Å². The lowest BCUT2D eigenvalue weighted by molar-refractivity contribution is -0.134. The molecule has 0 aromatic heterocycles. The highest BCUT2D eigenvalue weighted by Gasteiger charge is 2.65. The smallest absolute Gasteiger partial charge is 0.261 e. The molecule has 0 aromatic carbocycles. The highest BCUT2D eigenvalue weighted by atomic mass is 79.9. The lowest BCUT2D eigenvalue weighted by Gasteiger charge is -2.44. The zero-order valence-electron chi connectivity index (χ0n) is 14.0. The van der Waals surface area contributed by atoms with Gasteiger partial charge in [-0.25, -0.2) is 4.99 Å². The largest absolute Gasteiger partial charge is 0.393 e. The van der Waals surface area contributed by atoms with Crippen LogP contribution >= 0.6 is 15.9 Å². The van der Waals surface area contributed by atoms with Crippen LogP contribution in [0.5, 0.6) is 0 Å². The standard InChI is InChI=1S/C18H24BrN3O2/c1-3-4-13(19)11-12-5-8-17(9-6-14(23)7-10-17)18(12)15(24)22(2)16(20)21-18/h3-4,11,14,23H,1,5-10H2,2H3,(H2,20,21)/b12-11+,13-4+. The van der Waals surface area contributed by atoms with Crippen molar-refractivity contribution in [2.75, 3.05) is 7.05 Å². The molecule has 3 rings (SSSR count). The van der Waals surface area contributed by atoms with Gasteiger partial charge in [-0.05, 0) is 56.3 Å². The molecule has 3 aliphatic rings. The summed E-state index contributed by atoms with van der Waals surface area (Å²) in [7, 11) is 1.69. The van der Waals surface area contributed by atoms with Gasteiger partial charge in [-0.15, -0.1) is 0 Å². The van der Waals surface area contributed by atoms with Crippen molar-refractivity contribution >= 4 is 27.8 Å². The van der Waals surface area contributed by atoms with Gasteiger partial charge in [0.15, 0.2) is 11.5 Å². The van der Waals surface area contributed by atoms with E-state index in [2.05, 4.69) is 22.5 Å². The van der Waals surface area contributed by atoms with Gasteiger partial charge < -0.3 is 10.8 Å². The molecule has 6 heteroatoms. The number of halogens is 1. The zero-order valence-corrected chi connectivity index (χ0v) is 15.6. The van der Waals surface area contributed by atoms with Crippen molar-refractivity contribution in [1.29, 1.82) is 0 Å². The fraction of sp³-hybridized carbons (Fsp3) is 0.556. The predicted octanol–water partition coefficient (Wildman–Crippen LogP) is 2.62. The van der Waals surface area contributed by atoms with Crippen molar-refractivity contribution in [3.8, 4) is 0 Å². The summed E-state index contributed by atoms with van der Waals surface area (Å²) >= 11 is 3.52. The molecule has 2 saturated carbocycles. The minimum Gasteiger partial charge on any atom is -0.393 e. The number of likely N-dealkylation sites (N-methyl/N-ethyl adjacent to an activating group) is 1. The van der Waals surface area contributed by atoms with Gasteiger partial charge in [0.1, 0.15) is 0 Å². The van der Waals surface area contributed by atoms with E-state index in [0.29, 0.717) is 12.8 Å². The third-order valence-corrected chi connectivity index (χ3v) is 6.34. The number of carbonyl (C=O) groups is 1. The molecule has 24 heavy (non-hydrogen) atoms. The molecule has 0 aromatic rings. The van der Waals surface area contributed by atoms with E-state index in [-0.39, 0.29) is 23.4 Å². The first-order valence-electron chi connectivity index (χ1n) is 8.37. The van der Waals surface area contributed by atoms with Crippen LogP contribution in [0.4, 0.5) is 0 Å². The van der Waals surface area contributed by atoms with Crippen molar-refractivity contribution in [2.24, 2.45) is 16.1 Å². The van der Waals surface area contributed by atoms with Crippen LogP contribution < -0.4 is 5.73 Å². The number of aliphatic hydroxyl groups excluding tert-OH is 1. The summed E-state index contributed by atoms with van der Waals surface area (Å²) in [5.74, 6) is 0.237. The van der Waals surface area contributed by atoms with Crippen LogP contribution in [-0.4, -0.2) is 40.6 Å². The normalized spacial score (nSPS) is 38.5. The Kier molecular flexibility index (Phi) is 4.47. The monoisotopic (exact) mass is 393 g/mol. The van der Waals surface area contributed by atoms with Crippen LogP contribution in [0.2, 0.25) is 0 Å². The Labute approximate surface area is 151 Å². The second-order valence-electron chi connectivity index (χ2n) is 7.01. The summed E-state index contributed by atoms with van der Waals surface area (Å²) in [6, 6.07) is 0. The molecule has 2 fully saturated rings. The maximum absolute atomic E-state index is 13.2. The quantitative estimate of drug-likeness (QED) is 0.707. The van der Waals surface area contributed by atoms with E-state index >= 15 is 0 Å². The molecule has 2 aliphatic carbocycles. The van der Waals surface area contributed by atoms with Gasteiger partial charge in [-0.2, -0.15) is 0 Å². The molecule has 0 radical (unpaired) electrons. The van der Waals surface area contributed by atoms with Crippen molar-refractivity contribution in [2.45, 2.75) is 50.2 Å². The number of amides is 1. The Morgan fingerprint density at radius 2 is 2.12 bits per heavy atom. The topological polar surface area (TPSA) is 78.9 Å². The number of nitrogens with two attached hydrogens (primary N) is 1. The van der Waals surface area contributed by atoms with Crippen LogP contribution in [-0.2, 0) is 4.79 Å². The summed E-state index contributed by atoms with van der Waals surface area (Å²) in [6.07, 6.45) is 10.0. The second-order valence-corrected chi connectivity index (χ2v) is 7.93. The van der Waals surface area contributed by atoms with E-state index in [0.717, 1.165) is 35.7 Å². The van der Waals surface area contributed by atoms with Gasteiger partial charge in [0.05, 0.1) is 6.10 Å². The number of nitrogens with zero attached hydrogens (tertiary/aromatic N) is 2. The second kappa shape index (κ2) is 6.15. The minimum atomic E-state index is -0.917. The number of aliphatic hydroxyl groups is 1. The van der Waals surface area contributed by atoms with Gasteiger partial charge in [0.25, 0.3) is 5.91 Å². The van der Waals surface area contributed by atoms with Crippen LogP contribution in [0.3, 0.4) is 0 Å². The average Bonchev–Trinajstić information content (AvgIpc) is 2.96. The molecule has 1 atom stereocenters. The Morgan fingerprint density at radius 1 is 1.46 bits per heavy atom. The first kappa shape index (κ1) is 17.4. The van der Waals surface area contributed by atoms with E-state index in [4.69, 9.17) is 10.7 Å². The van der Waals surface area contributed by atoms with Crippen molar-refractivity contribution in [3.05, 3.63) is 34.9 Å². The number of hydrogen-bond donors (Lipinski definition) is 2. The molecular weight excluding hydrogens is 370 g/mol.